The summed E-state index contributed by atoms with van der Waals surface area (Å²) in [6.07, 6.45) is 7.62. The predicted octanol–water partition coefficient (Wildman–Crippen LogP) is 3.97. The van der Waals surface area contributed by atoms with Crippen LogP contribution >= 0.6 is 0 Å². The van der Waals surface area contributed by atoms with Crippen molar-refractivity contribution in [1.82, 2.24) is 4.98 Å². The maximum absolute atomic E-state index is 12.2. The van der Waals surface area contributed by atoms with Crippen LogP contribution in [0.25, 0.3) is 0 Å². The van der Waals surface area contributed by atoms with E-state index in [0.29, 0.717) is 24.1 Å². The molecular formula is C20H23N3O5. The summed E-state index contributed by atoms with van der Waals surface area (Å²) in [5.41, 5.74) is -0.190. The van der Waals surface area contributed by atoms with E-state index in [9.17, 15) is 14.9 Å². The molecule has 1 fully saturated rings. The van der Waals surface area contributed by atoms with Gasteiger partial charge in [0, 0.05) is 12.3 Å². The molecule has 0 bridgehead atoms. The van der Waals surface area contributed by atoms with Gasteiger partial charge in [-0.05, 0) is 37.0 Å². The number of nitrogens with zero attached hydrogens (tertiary/aromatic N) is 2. The molecule has 1 aliphatic rings. The molecule has 1 aromatic carbocycles. The van der Waals surface area contributed by atoms with Gasteiger partial charge in [0.1, 0.15) is 0 Å². The quantitative estimate of drug-likeness (QED) is 0.545. The Labute approximate surface area is 163 Å². The van der Waals surface area contributed by atoms with Gasteiger partial charge in [-0.3, -0.25) is 14.9 Å². The van der Waals surface area contributed by atoms with Gasteiger partial charge in [-0.2, -0.15) is 0 Å². The van der Waals surface area contributed by atoms with E-state index in [1.54, 1.807) is 24.4 Å². The van der Waals surface area contributed by atoms with E-state index < -0.39 is 10.8 Å². The summed E-state index contributed by atoms with van der Waals surface area (Å²) in [4.78, 5) is 26.8. The summed E-state index contributed by atoms with van der Waals surface area (Å²) < 4.78 is 11.2. The monoisotopic (exact) mass is 385 g/mol. The Hall–Kier alpha value is -3.16. The smallest absolute Gasteiger partial charge is 0.310 e. The Morgan fingerprint density at radius 2 is 1.86 bits per heavy atom. The number of rotatable bonds is 8. The Bertz CT molecular complexity index is 821. The predicted molar refractivity (Wildman–Crippen MR) is 104 cm³/mol. The lowest BCUT2D eigenvalue weighted by Crippen LogP contribution is -2.22. The fraction of sp³-hybridized carbons (Fsp3) is 0.400. The lowest BCUT2D eigenvalue weighted by atomic mass is 9.90. The molecule has 2 aromatic rings. The van der Waals surface area contributed by atoms with Crippen molar-refractivity contribution in [2.24, 2.45) is 5.92 Å². The van der Waals surface area contributed by atoms with E-state index in [1.807, 2.05) is 0 Å². The van der Waals surface area contributed by atoms with Crippen LogP contribution in [-0.2, 0) is 4.79 Å². The van der Waals surface area contributed by atoms with Crippen molar-refractivity contribution in [3.8, 4) is 11.5 Å². The van der Waals surface area contributed by atoms with Crippen LogP contribution in [-0.4, -0.2) is 29.0 Å². The molecule has 0 saturated heterocycles. The highest BCUT2D eigenvalue weighted by Gasteiger charge is 2.17. The number of aromatic nitrogens is 1. The first-order valence-electron chi connectivity index (χ1n) is 9.37. The van der Waals surface area contributed by atoms with Crippen molar-refractivity contribution in [1.29, 1.82) is 0 Å². The maximum Gasteiger partial charge on any atom is 0.310 e. The van der Waals surface area contributed by atoms with Gasteiger partial charge in [0.2, 0.25) is 0 Å². The number of benzene rings is 1. The maximum atomic E-state index is 12.2. The SMILES string of the molecule is O=C(COc1ccccc1[N+](=O)[O-])Nc1ncccc1OCC1CCCCC1. The van der Waals surface area contributed by atoms with Gasteiger partial charge in [0.05, 0.1) is 11.5 Å². The molecule has 0 radical (unpaired) electrons. The molecular weight excluding hydrogens is 362 g/mol. The highest BCUT2D eigenvalue weighted by atomic mass is 16.6. The number of ether oxygens (including phenoxy) is 2. The summed E-state index contributed by atoms with van der Waals surface area (Å²) >= 11 is 0. The van der Waals surface area contributed by atoms with Gasteiger partial charge in [0.15, 0.2) is 23.9 Å². The second-order valence-electron chi connectivity index (χ2n) is 6.73. The summed E-state index contributed by atoms with van der Waals surface area (Å²) in [6, 6.07) is 9.42. The number of carbonyl (C=O) groups is 1. The summed E-state index contributed by atoms with van der Waals surface area (Å²) in [6.45, 7) is 0.227. The van der Waals surface area contributed by atoms with Crippen molar-refractivity contribution >= 4 is 17.4 Å². The molecule has 8 nitrogen and oxygen atoms in total. The highest BCUT2D eigenvalue weighted by Crippen LogP contribution is 2.28. The van der Waals surface area contributed by atoms with E-state index in [4.69, 9.17) is 9.47 Å². The van der Waals surface area contributed by atoms with Crippen molar-refractivity contribution in [3.05, 3.63) is 52.7 Å². The third-order valence-electron chi connectivity index (χ3n) is 4.65. The molecule has 1 aliphatic carbocycles. The van der Waals surface area contributed by atoms with Crippen LogP contribution in [0.4, 0.5) is 11.5 Å². The van der Waals surface area contributed by atoms with Gasteiger partial charge in [-0.25, -0.2) is 4.98 Å². The van der Waals surface area contributed by atoms with Crippen LogP contribution in [0.1, 0.15) is 32.1 Å². The number of nitro benzene ring substituents is 1. The first kappa shape index (κ1) is 19.6. The minimum Gasteiger partial charge on any atom is -0.489 e. The van der Waals surface area contributed by atoms with Gasteiger partial charge in [-0.15, -0.1) is 0 Å². The first-order chi connectivity index (χ1) is 13.6. The largest absolute Gasteiger partial charge is 0.489 e. The lowest BCUT2D eigenvalue weighted by Gasteiger charge is -2.22. The fourth-order valence-corrected chi connectivity index (χ4v) is 3.20. The molecule has 0 unspecified atom stereocenters. The Kier molecular flexibility index (Phi) is 6.78. The first-order valence-corrected chi connectivity index (χ1v) is 9.37. The minimum atomic E-state index is -0.552. The zero-order chi connectivity index (χ0) is 19.8. The Morgan fingerprint density at radius 1 is 1.11 bits per heavy atom. The van der Waals surface area contributed by atoms with E-state index in [0.717, 1.165) is 12.8 Å². The number of para-hydroxylation sites is 2. The third-order valence-corrected chi connectivity index (χ3v) is 4.65. The van der Waals surface area contributed by atoms with E-state index in [1.165, 1.54) is 37.5 Å². The number of nitro groups is 1. The molecule has 0 atom stereocenters. The molecule has 0 aliphatic heterocycles. The molecule has 1 amide bonds. The van der Waals surface area contributed by atoms with Crippen molar-refractivity contribution in [2.45, 2.75) is 32.1 Å². The minimum absolute atomic E-state index is 0.0393. The summed E-state index contributed by atoms with van der Waals surface area (Å²) in [7, 11) is 0. The highest BCUT2D eigenvalue weighted by molar-refractivity contribution is 5.92. The van der Waals surface area contributed by atoms with Crippen LogP contribution in [0.3, 0.4) is 0 Å². The van der Waals surface area contributed by atoms with E-state index in [-0.39, 0.29) is 18.0 Å². The van der Waals surface area contributed by atoms with Crippen LogP contribution in [0, 0.1) is 16.0 Å². The Balaban J connectivity index is 1.56. The van der Waals surface area contributed by atoms with Crippen LogP contribution in [0.2, 0.25) is 0 Å². The summed E-state index contributed by atoms with van der Waals surface area (Å²) in [5.74, 6) is 0.915. The Morgan fingerprint density at radius 3 is 2.64 bits per heavy atom. The average Bonchev–Trinajstić information content (AvgIpc) is 2.72. The average molecular weight is 385 g/mol. The van der Waals surface area contributed by atoms with Crippen LogP contribution in [0.5, 0.6) is 11.5 Å². The normalized spacial score (nSPS) is 14.3. The molecule has 0 spiro atoms. The van der Waals surface area contributed by atoms with Crippen LogP contribution in [0.15, 0.2) is 42.6 Å². The number of anilines is 1. The summed E-state index contributed by atoms with van der Waals surface area (Å²) in [5, 5.41) is 13.7. The van der Waals surface area contributed by atoms with E-state index >= 15 is 0 Å². The number of hydrogen-bond donors (Lipinski definition) is 1. The second-order valence-corrected chi connectivity index (χ2v) is 6.73. The zero-order valence-corrected chi connectivity index (χ0v) is 15.5. The van der Waals surface area contributed by atoms with Crippen LogP contribution < -0.4 is 14.8 Å². The van der Waals surface area contributed by atoms with Gasteiger partial charge in [0.25, 0.3) is 5.91 Å². The zero-order valence-electron chi connectivity index (χ0n) is 15.5. The molecule has 1 saturated carbocycles. The molecule has 148 valence electrons. The third kappa shape index (κ3) is 5.42. The molecule has 3 rings (SSSR count). The van der Waals surface area contributed by atoms with Gasteiger partial charge >= 0.3 is 5.69 Å². The number of hydrogen-bond acceptors (Lipinski definition) is 6. The van der Waals surface area contributed by atoms with Gasteiger partial charge in [-0.1, -0.05) is 31.4 Å². The standard InChI is InChI=1S/C20H23N3O5/c24-19(14-28-17-10-5-4-9-16(17)23(25)26)22-20-18(11-6-12-21-20)27-13-15-7-2-1-3-8-15/h4-6,9-12,15H,1-3,7-8,13-14H2,(H,21,22,24). The topological polar surface area (TPSA) is 104 Å². The molecule has 1 aromatic heterocycles. The second kappa shape index (κ2) is 9.68. The molecule has 28 heavy (non-hydrogen) atoms. The number of amides is 1. The van der Waals surface area contributed by atoms with Crippen molar-refractivity contribution < 1.29 is 19.2 Å². The molecule has 8 heteroatoms. The lowest BCUT2D eigenvalue weighted by molar-refractivity contribution is -0.385. The van der Waals surface area contributed by atoms with Crippen molar-refractivity contribution in [2.75, 3.05) is 18.5 Å². The van der Waals surface area contributed by atoms with Gasteiger partial charge < -0.3 is 14.8 Å². The molecule has 1 heterocycles. The van der Waals surface area contributed by atoms with E-state index in [2.05, 4.69) is 10.3 Å². The number of nitrogens with one attached hydrogen (secondary N) is 1. The fourth-order valence-electron chi connectivity index (χ4n) is 3.20. The number of pyridine rings is 1. The molecule has 1 N–H and O–H groups in total. The van der Waals surface area contributed by atoms with Crippen molar-refractivity contribution in [3.63, 3.8) is 0 Å². The number of carbonyl (C=O) groups excluding carboxylic acids is 1.